The summed E-state index contributed by atoms with van der Waals surface area (Å²) >= 11 is 0. The number of carbonyl (C=O) groups excluding carboxylic acids is 1. The topological polar surface area (TPSA) is 38.4 Å². The van der Waals surface area contributed by atoms with Crippen LogP contribution in [-0.2, 0) is 25.0 Å². The molecule has 0 spiro atoms. The molecule has 0 saturated heterocycles. The number of aryl methyl sites for hydroxylation is 1. The van der Waals surface area contributed by atoms with Crippen molar-refractivity contribution in [1.29, 1.82) is 0 Å². The van der Waals surface area contributed by atoms with Gasteiger partial charge in [-0.05, 0) is 59.9 Å². The van der Waals surface area contributed by atoms with E-state index in [0.29, 0.717) is 18.7 Å². The zero-order chi connectivity index (χ0) is 23.4. The van der Waals surface area contributed by atoms with Crippen molar-refractivity contribution < 1.29 is 9.21 Å². The van der Waals surface area contributed by atoms with Crippen molar-refractivity contribution in [2.24, 2.45) is 0 Å². The molecule has 2 heterocycles. The molecule has 0 unspecified atom stereocenters. The summed E-state index contributed by atoms with van der Waals surface area (Å²) in [6.07, 6.45) is 3.72. The maximum absolute atomic E-state index is 13.5. The van der Waals surface area contributed by atoms with Crippen molar-refractivity contribution in [3.63, 3.8) is 0 Å². The second-order valence-electron chi connectivity index (χ2n) is 9.68. The summed E-state index contributed by atoms with van der Waals surface area (Å²) in [7, 11) is 0. The summed E-state index contributed by atoms with van der Waals surface area (Å²) < 4.78 is 7.77. The summed E-state index contributed by atoms with van der Waals surface area (Å²) in [4.78, 5) is 15.4. The van der Waals surface area contributed by atoms with Gasteiger partial charge >= 0.3 is 0 Å². The van der Waals surface area contributed by atoms with E-state index in [1.54, 1.807) is 6.26 Å². The molecule has 0 fully saturated rings. The summed E-state index contributed by atoms with van der Waals surface area (Å²) in [6, 6.07) is 24.4. The van der Waals surface area contributed by atoms with E-state index in [9.17, 15) is 4.79 Å². The Morgan fingerprint density at radius 2 is 1.64 bits per heavy atom. The highest BCUT2D eigenvalue weighted by molar-refractivity contribution is 5.94. The van der Waals surface area contributed by atoms with E-state index < -0.39 is 0 Å². The van der Waals surface area contributed by atoms with E-state index in [2.05, 4.69) is 80.9 Å². The van der Waals surface area contributed by atoms with Crippen molar-refractivity contribution in [1.82, 2.24) is 9.47 Å². The van der Waals surface area contributed by atoms with E-state index in [1.165, 1.54) is 16.7 Å². The van der Waals surface area contributed by atoms with E-state index >= 15 is 0 Å². The lowest BCUT2D eigenvalue weighted by Crippen LogP contribution is -2.31. The highest BCUT2D eigenvalue weighted by Gasteiger charge is 2.21. The van der Waals surface area contributed by atoms with Crippen LogP contribution in [0.5, 0.6) is 0 Å². The first-order valence-corrected chi connectivity index (χ1v) is 11.4. The van der Waals surface area contributed by atoms with Crippen molar-refractivity contribution in [3.05, 3.63) is 119 Å². The van der Waals surface area contributed by atoms with E-state index in [4.69, 9.17) is 4.42 Å². The molecule has 2 aromatic heterocycles. The van der Waals surface area contributed by atoms with Crippen LogP contribution in [0.1, 0.15) is 59.3 Å². The summed E-state index contributed by atoms with van der Waals surface area (Å²) in [5, 5.41) is 0. The maximum Gasteiger partial charge on any atom is 0.254 e. The van der Waals surface area contributed by atoms with Gasteiger partial charge in [-0.1, -0.05) is 62.7 Å². The number of rotatable bonds is 7. The van der Waals surface area contributed by atoms with E-state index in [0.717, 1.165) is 18.0 Å². The standard InChI is InChI=1S/C29H32N2O2/c1-22-9-11-23(12-10-22)19-30-17-5-7-26(30)20-31(21-27-8-6-18-33-27)28(32)24-13-15-25(16-14-24)29(2,3)4/h5-18H,19-21H2,1-4H3. The number of hydrogen-bond acceptors (Lipinski definition) is 2. The van der Waals surface area contributed by atoms with Gasteiger partial charge < -0.3 is 13.9 Å². The van der Waals surface area contributed by atoms with Crippen molar-refractivity contribution in [3.8, 4) is 0 Å². The molecule has 4 rings (SSSR count). The summed E-state index contributed by atoms with van der Waals surface area (Å²) in [5.41, 5.74) is 5.52. The highest BCUT2D eigenvalue weighted by atomic mass is 16.3. The number of furan rings is 1. The third kappa shape index (κ3) is 5.64. The zero-order valence-electron chi connectivity index (χ0n) is 19.9. The van der Waals surface area contributed by atoms with Gasteiger partial charge in [0, 0.05) is 24.0 Å². The fraction of sp³-hybridized carbons (Fsp3) is 0.276. The van der Waals surface area contributed by atoms with Crippen LogP contribution in [0, 0.1) is 6.92 Å². The molecular weight excluding hydrogens is 408 g/mol. The molecule has 0 N–H and O–H groups in total. The normalized spacial score (nSPS) is 11.5. The van der Waals surface area contributed by atoms with Gasteiger partial charge in [0.25, 0.3) is 5.91 Å². The van der Waals surface area contributed by atoms with Crippen molar-refractivity contribution >= 4 is 5.91 Å². The van der Waals surface area contributed by atoms with Gasteiger partial charge in [0.1, 0.15) is 5.76 Å². The third-order valence-electron chi connectivity index (χ3n) is 5.96. The fourth-order valence-electron chi connectivity index (χ4n) is 3.92. The second-order valence-corrected chi connectivity index (χ2v) is 9.68. The van der Waals surface area contributed by atoms with E-state index in [-0.39, 0.29) is 11.3 Å². The summed E-state index contributed by atoms with van der Waals surface area (Å²) in [6.45, 7) is 10.3. The Kier molecular flexibility index (Phi) is 6.55. The van der Waals surface area contributed by atoms with Gasteiger partial charge in [0.05, 0.1) is 19.4 Å². The van der Waals surface area contributed by atoms with Crippen LogP contribution in [-0.4, -0.2) is 15.4 Å². The Labute approximate surface area is 196 Å². The van der Waals surface area contributed by atoms with E-state index in [1.807, 2.05) is 35.2 Å². The van der Waals surface area contributed by atoms with Crippen LogP contribution in [0.15, 0.2) is 89.7 Å². The largest absolute Gasteiger partial charge is 0.467 e. The molecule has 0 saturated carbocycles. The third-order valence-corrected chi connectivity index (χ3v) is 5.96. The zero-order valence-corrected chi connectivity index (χ0v) is 19.9. The fourth-order valence-corrected chi connectivity index (χ4v) is 3.92. The molecule has 4 aromatic rings. The Bertz CT molecular complexity index is 1180. The lowest BCUT2D eigenvalue weighted by atomic mass is 9.86. The molecule has 0 aliphatic carbocycles. The molecule has 0 radical (unpaired) electrons. The Morgan fingerprint density at radius 1 is 0.909 bits per heavy atom. The number of carbonyl (C=O) groups is 1. The van der Waals surface area contributed by atoms with Crippen LogP contribution in [0.4, 0.5) is 0 Å². The molecule has 33 heavy (non-hydrogen) atoms. The molecule has 0 aliphatic heterocycles. The van der Waals surface area contributed by atoms with Crippen LogP contribution in [0.25, 0.3) is 0 Å². The van der Waals surface area contributed by atoms with Crippen LogP contribution in [0.2, 0.25) is 0 Å². The minimum absolute atomic E-state index is 0.00468. The minimum atomic E-state index is -0.00468. The minimum Gasteiger partial charge on any atom is -0.467 e. The predicted octanol–water partition coefficient (Wildman–Crippen LogP) is 6.58. The molecule has 4 heteroatoms. The molecule has 170 valence electrons. The number of hydrogen-bond donors (Lipinski definition) is 0. The number of nitrogens with zero attached hydrogens (tertiary/aromatic N) is 2. The molecule has 1 amide bonds. The maximum atomic E-state index is 13.5. The first-order chi connectivity index (χ1) is 15.8. The number of aromatic nitrogens is 1. The van der Waals surface area contributed by atoms with Crippen LogP contribution >= 0.6 is 0 Å². The molecule has 0 bridgehead atoms. The van der Waals surface area contributed by atoms with Gasteiger partial charge in [0.15, 0.2) is 0 Å². The van der Waals surface area contributed by atoms with Gasteiger partial charge in [-0.2, -0.15) is 0 Å². The predicted molar refractivity (Wildman–Crippen MR) is 132 cm³/mol. The molecule has 2 aromatic carbocycles. The first-order valence-electron chi connectivity index (χ1n) is 11.4. The number of benzene rings is 2. The Hall–Kier alpha value is -3.53. The SMILES string of the molecule is Cc1ccc(Cn2cccc2CN(Cc2ccco2)C(=O)c2ccc(C(C)(C)C)cc2)cc1. The van der Waals surface area contributed by atoms with Gasteiger partial charge in [0.2, 0.25) is 0 Å². The van der Waals surface area contributed by atoms with Gasteiger partial charge in [-0.15, -0.1) is 0 Å². The smallest absolute Gasteiger partial charge is 0.254 e. The molecular formula is C29H32N2O2. The Balaban J connectivity index is 1.57. The monoisotopic (exact) mass is 440 g/mol. The first kappa shape index (κ1) is 22.7. The highest BCUT2D eigenvalue weighted by Crippen LogP contribution is 2.23. The molecule has 0 aliphatic rings. The molecule has 4 nitrogen and oxygen atoms in total. The average Bonchev–Trinajstić information content (AvgIpc) is 3.46. The quantitative estimate of drug-likeness (QED) is 0.326. The molecule has 0 atom stereocenters. The van der Waals surface area contributed by atoms with Crippen molar-refractivity contribution in [2.75, 3.05) is 0 Å². The number of amides is 1. The van der Waals surface area contributed by atoms with Crippen LogP contribution < -0.4 is 0 Å². The lowest BCUT2D eigenvalue weighted by molar-refractivity contribution is 0.0713. The van der Waals surface area contributed by atoms with Gasteiger partial charge in [-0.3, -0.25) is 4.79 Å². The van der Waals surface area contributed by atoms with Crippen molar-refractivity contribution in [2.45, 2.75) is 52.7 Å². The van der Waals surface area contributed by atoms with Gasteiger partial charge in [-0.25, -0.2) is 0 Å². The second kappa shape index (κ2) is 9.53. The lowest BCUT2D eigenvalue weighted by Gasteiger charge is -2.24. The average molecular weight is 441 g/mol. The van der Waals surface area contributed by atoms with Crippen LogP contribution in [0.3, 0.4) is 0 Å². The Morgan fingerprint density at radius 3 is 2.27 bits per heavy atom. The summed E-state index contributed by atoms with van der Waals surface area (Å²) in [5.74, 6) is 0.765.